The molecule has 3 heterocycles. The minimum atomic E-state index is -0.950. The standard InChI is InChI=1S/C11H7ClN4O2S/c1-5-6-4-7(11(17)18)19-10(6)16(15-5)9-3-2-8(12)13-14-9/h2-4H,1H3,(H,17,18). The zero-order chi connectivity index (χ0) is 13.6. The first-order chi connectivity index (χ1) is 9.06. The molecule has 8 heteroatoms. The van der Waals surface area contributed by atoms with Gasteiger partial charge in [0.1, 0.15) is 9.71 Å². The largest absolute Gasteiger partial charge is 0.477 e. The Bertz CT molecular complexity index is 778. The van der Waals surface area contributed by atoms with Gasteiger partial charge < -0.3 is 5.11 Å². The maximum absolute atomic E-state index is 11.0. The highest BCUT2D eigenvalue weighted by atomic mass is 35.5. The van der Waals surface area contributed by atoms with Gasteiger partial charge in [0, 0.05) is 5.39 Å². The van der Waals surface area contributed by atoms with E-state index in [1.165, 1.54) is 0 Å². The van der Waals surface area contributed by atoms with Gasteiger partial charge in [-0.2, -0.15) is 5.10 Å². The van der Waals surface area contributed by atoms with Crippen molar-refractivity contribution in [1.29, 1.82) is 0 Å². The van der Waals surface area contributed by atoms with Crippen molar-refractivity contribution in [3.63, 3.8) is 0 Å². The van der Waals surface area contributed by atoms with E-state index < -0.39 is 5.97 Å². The summed E-state index contributed by atoms with van der Waals surface area (Å²) in [5.74, 6) is -0.448. The van der Waals surface area contributed by atoms with E-state index in [0.717, 1.165) is 27.2 Å². The van der Waals surface area contributed by atoms with Crippen LogP contribution in [0.15, 0.2) is 18.2 Å². The van der Waals surface area contributed by atoms with E-state index in [1.807, 2.05) is 6.92 Å². The Labute approximate surface area is 116 Å². The molecule has 3 rings (SSSR count). The number of carboxylic acid groups (broad SMARTS) is 1. The van der Waals surface area contributed by atoms with E-state index in [4.69, 9.17) is 16.7 Å². The summed E-state index contributed by atoms with van der Waals surface area (Å²) >= 11 is 6.84. The molecule has 0 radical (unpaired) electrons. The first-order valence-electron chi connectivity index (χ1n) is 5.28. The van der Waals surface area contributed by atoms with Crippen molar-refractivity contribution >= 4 is 39.1 Å². The van der Waals surface area contributed by atoms with Crippen molar-refractivity contribution in [3.05, 3.63) is 33.9 Å². The predicted molar refractivity (Wildman–Crippen MR) is 71.2 cm³/mol. The average Bonchev–Trinajstić information content (AvgIpc) is 2.92. The van der Waals surface area contributed by atoms with Crippen LogP contribution in [0.4, 0.5) is 0 Å². The highest BCUT2D eigenvalue weighted by molar-refractivity contribution is 7.20. The maximum Gasteiger partial charge on any atom is 0.345 e. The Hall–Kier alpha value is -1.99. The molecule has 0 fully saturated rings. The van der Waals surface area contributed by atoms with E-state index in [-0.39, 0.29) is 4.88 Å². The minimum absolute atomic E-state index is 0.270. The Kier molecular flexibility index (Phi) is 2.72. The van der Waals surface area contributed by atoms with Crippen LogP contribution in [0.5, 0.6) is 0 Å². The van der Waals surface area contributed by atoms with Crippen LogP contribution in [-0.4, -0.2) is 31.1 Å². The fourth-order valence-corrected chi connectivity index (χ4v) is 2.84. The summed E-state index contributed by atoms with van der Waals surface area (Å²) in [7, 11) is 0. The fraction of sp³-hybridized carbons (Fsp3) is 0.0909. The van der Waals surface area contributed by atoms with Gasteiger partial charge in [-0.05, 0) is 25.1 Å². The SMILES string of the molecule is Cc1nn(-c2ccc(Cl)nn2)c2sc(C(=O)O)cc12. The number of aromatic carboxylic acids is 1. The molecule has 96 valence electrons. The summed E-state index contributed by atoms with van der Waals surface area (Å²) in [6.45, 7) is 1.82. The second kappa shape index (κ2) is 4.29. The monoisotopic (exact) mass is 294 g/mol. The van der Waals surface area contributed by atoms with Gasteiger partial charge in [-0.3, -0.25) is 0 Å². The molecule has 0 spiro atoms. The summed E-state index contributed by atoms with van der Waals surface area (Å²) in [6.07, 6.45) is 0. The van der Waals surface area contributed by atoms with Crippen molar-refractivity contribution < 1.29 is 9.90 Å². The molecular formula is C11H7ClN4O2S. The third-order valence-corrected chi connectivity index (χ3v) is 3.89. The molecule has 0 aliphatic heterocycles. The minimum Gasteiger partial charge on any atom is -0.477 e. The van der Waals surface area contributed by atoms with Crippen molar-refractivity contribution in [3.8, 4) is 5.82 Å². The number of rotatable bonds is 2. The second-order valence-electron chi connectivity index (χ2n) is 3.85. The fourth-order valence-electron chi connectivity index (χ4n) is 1.73. The lowest BCUT2D eigenvalue weighted by atomic mass is 10.3. The lowest BCUT2D eigenvalue weighted by Crippen LogP contribution is -2.00. The number of fused-ring (bicyclic) bond motifs is 1. The van der Waals surface area contributed by atoms with E-state index in [0.29, 0.717) is 11.0 Å². The van der Waals surface area contributed by atoms with Gasteiger partial charge in [-0.1, -0.05) is 11.6 Å². The molecule has 0 aliphatic rings. The first-order valence-corrected chi connectivity index (χ1v) is 6.48. The average molecular weight is 295 g/mol. The smallest absolute Gasteiger partial charge is 0.345 e. The molecule has 19 heavy (non-hydrogen) atoms. The molecule has 0 aliphatic carbocycles. The normalized spacial score (nSPS) is 11.1. The Morgan fingerprint density at radius 1 is 1.42 bits per heavy atom. The van der Waals surface area contributed by atoms with Crippen LogP contribution >= 0.6 is 22.9 Å². The second-order valence-corrected chi connectivity index (χ2v) is 5.26. The van der Waals surface area contributed by atoms with Crippen molar-refractivity contribution in [2.24, 2.45) is 0 Å². The van der Waals surface area contributed by atoms with Crippen LogP contribution in [0.25, 0.3) is 16.0 Å². The van der Waals surface area contributed by atoms with Crippen molar-refractivity contribution in [2.75, 3.05) is 0 Å². The topological polar surface area (TPSA) is 80.9 Å². The molecule has 0 unspecified atom stereocenters. The van der Waals surface area contributed by atoms with E-state index in [1.54, 1.807) is 22.9 Å². The number of aryl methyl sites for hydroxylation is 1. The van der Waals surface area contributed by atoms with Crippen LogP contribution in [0.3, 0.4) is 0 Å². The molecule has 0 atom stereocenters. The zero-order valence-corrected chi connectivity index (χ0v) is 11.2. The molecule has 6 nitrogen and oxygen atoms in total. The molecule has 0 saturated carbocycles. The summed E-state index contributed by atoms with van der Waals surface area (Å²) in [6, 6.07) is 4.91. The molecule has 0 bridgehead atoms. The summed E-state index contributed by atoms with van der Waals surface area (Å²) in [5.41, 5.74) is 0.746. The number of thiophene rings is 1. The lowest BCUT2D eigenvalue weighted by Gasteiger charge is -1.99. The molecule has 1 N–H and O–H groups in total. The summed E-state index contributed by atoms with van der Waals surface area (Å²) in [5, 5.41) is 22.2. The van der Waals surface area contributed by atoms with Gasteiger partial charge in [0.05, 0.1) is 5.69 Å². The van der Waals surface area contributed by atoms with Gasteiger partial charge in [-0.15, -0.1) is 21.5 Å². The lowest BCUT2D eigenvalue weighted by molar-refractivity contribution is 0.0702. The Morgan fingerprint density at radius 3 is 2.84 bits per heavy atom. The van der Waals surface area contributed by atoms with Crippen LogP contribution in [0.2, 0.25) is 5.15 Å². The van der Waals surface area contributed by atoms with E-state index in [2.05, 4.69) is 15.3 Å². The summed E-state index contributed by atoms with van der Waals surface area (Å²) in [4.78, 5) is 12.0. The van der Waals surface area contributed by atoms with Gasteiger partial charge in [0.25, 0.3) is 0 Å². The van der Waals surface area contributed by atoms with Gasteiger partial charge in [-0.25, -0.2) is 9.48 Å². The third-order valence-electron chi connectivity index (χ3n) is 2.59. The molecule has 0 aromatic carbocycles. The summed E-state index contributed by atoms with van der Waals surface area (Å²) < 4.78 is 1.57. The van der Waals surface area contributed by atoms with Crippen LogP contribution in [0, 0.1) is 6.92 Å². The van der Waals surface area contributed by atoms with Gasteiger partial charge in [0.2, 0.25) is 0 Å². The van der Waals surface area contributed by atoms with Crippen molar-refractivity contribution in [2.45, 2.75) is 6.92 Å². The molecule has 0 saturated heterocycles. The van der Waals surface area contributed by atoms with E-state index >= 15 is 0 Å². The number of nitrogens with zero attached hydrogens (tertiary/aromatic N) is 4. The quantitative estimate of drug-likeness (QED) is 0.785. The number of hydrogen-bond acceptors (Lipinski definition) is 5. The number of halogens is 1. The molecule has 3 aromatic heterocycles. The van der Waals surface area contributed by atoms with Crippen molar-refractivity contribution in [1.82, 2.24) is 20.0 Å². The molecule has 0 amide bonds. The van der Waals surface area contributed by atoms with Crippen LogP contribution in [-0.2, 0) is 0 Å². The molecular weight excluding hydrogens is 288 g/mol. The predicted octanol–water partition coefficient (Wildman–Crippen LogP) is 2.54. The number of carbonyl (C=O) groups is 1. The maximum atomic E-state index is 11.0. The van der Waals surface area contributed by atoms with Gasteiger partial charge in [0.15, 0.2) is 11.0 Å². The van der Waals surface area contributed by atoms with Crippen LogP contribution in [0.1, 0.15) is 15.4 Å². The first kappa shape index (κ1) is 12.1. The molecule has 3 aromatic rings. The number of carboxylic acids is 1. The van der Waals surface area contributed by atoms with Crippen LogP contribution < -0.4 is 0 Å². The highest BCUT2D eigenvalue weighted by Crippen LogP contribution is 2.29. The Balaban J connectivity index is 2.23. The Morgan fingerprint density at radius 2 is 2.21 bits per heavy atom. The zero-order valence-electron chi connectivity index (χ0n) is 9.66. The van der Waals surface area contributed by atoms with E-state index in [9.17, 15) is 4.79 Å². The number of aromatic nitrogens is 4. The number of hydrogen-bond donors (Lipinski definition) is 1. The highest BCUT2D eigenvalue weighted by Gasteiger charge is 2.17. The third kappa shape index (κ3) is 1.96. The van der Waals surface area contributed by atoms with Gasteiger partial charge >= 0.3 is 5.97 Å².